The SMILES string of the molecule is O=C(O)Cn1cc(CNC(=O)Cn2nc3c4c(cccc42)-c2cc4c(cnn4[N+]4(C(O)CCC(=O)[I-]C5CCCCCCC5)CCC3CC4)cc2F)nn1. The summed E-state index contributed by atoms with van der Waals surface area (Å²) >= 11 is -0.595. The summed E-state index contributed by atoms with van der Waals surface area (Å²) in [4.78, 5) is 39.5. The average Bonchev–Trinajstić information content (AvgIpc) is 3.87. The molecule has 2 fully saturated rings. The fourth-order valence-electron chi connectivity index (χ4n) is 8.59. The van der Waals surface area contributed by atoms with Crippen molar-refractivity contribution in [2.24, 2.45) is 0 Å². The molecule has 6 heterocycles. The van der Waals surface area contributed by atoms with Gasteiger partial charge in [-0.1, -0.05) is 5.21 Å². The molecule has 3 aromatic heterocycles. The van der Waals surface area contributed by atoms with Gasteiger partial charge in [0.25, 0.3) is 0 Å². The van der Waals surface area contributed by atoms with E-state index in [1.54, 1.807) is 10.9 Å². The number of halogens is 2. The van der Waals surface area contributed by atoms with Gasteiger partial charge in [0.05, 0.1) is 12.7 Å². The first kappa shape index (κ1) is 36.7. The standard InChI is InChI=1S/C38H45FIN9O5/c39-30-17-25-19-42-48-32(25)18-29(30)28-9-6-10-31-37(28)38(44-47(31)22-34(51)41-20-27-21-46(45-43-27)23-36(53)54)24-13-15-49(48,16-14-24)35(52)12-11-33(50)40-26-7-4-2-1-3-5-8-26/h6,9-10,17-19,21,24,26,35,52H,1-5,7-8,11-16,20,22-23H2,(H,41,51)(H,53,54). The van der Waals surface area contributed by atoms with E-state index in [0.717, 1.165) is 23.9 Å². The maximum Gasteiger partial charge on any atom is -0.0665 e. The Morgan fingerprint density at radius 1 is 1.00 bits per heavy atom. The number of amides is 1. The van der Waals surface area contributed by atoms with E-state index >= 15 is 4.39 Å². The van der Waals surface area contributed by atoms with E-state index in [-0.39, 0.29) is 36.1 Å². The molecule has 54 heavy (non-hydrogen) atoms. The van der Waals surface area contributed by atoms with Gasteiger partial charge in [-0.2, -0.15) is 0 Å². The molecule has 1 saturated heterocycles. The van der Waals surface area contributed by atoms with Gasteiger partial charge in [-0.15, -0.1) is 5.10 Å². The van der Waals surface area contributed by atoms with Crippen molar-refractivity contribution in [3.63, 3.8) is 0 Å². The molecule has 0 spiro atoms. The van der Waals surface area contributed by atoms with Gasteiger partial charge >= 0.3 is 257 Å². The zero-order valence-electron chi connectivity index (χ0n) is 30.0. The van der Waals surface area contributed by atoms with Crippen molar-refractivity contribution in [1.29, 1.82) is 0 Å². The van der Waals surface area contributed by atoms with Gasteiger partial charge in [0.1, 0.15) is 12.2 Å². The van der Waals surface area contributed by atoms with Crippen LogP contribution in [-0.2, 0) is 34.0 Å². The van der Waals surface area contributed by atoms with Crippen molar-refractivity contribution >= 4 is 37.5 Å². The predicted octanol–water partition coefficient (Wildman–Crippen LogP) is 1.34. The van der Waals surface area contributed by atoms with E-state index in [4.69, 9.17) is 15.3 Å². The third-order valence-electron chi connectivity index (χ3n) is 11.3. The normalized spacial score (nSPS) is 20.9. The average molecular weight is 854 g/mol. The molecule has 5 aromatic rings. The summed E-state index contributed by atoms with van der Waals surface area (Å²) in [5, 5.41) is 42.9. The van der Waals surface area contributed by atoms with Crippen molar-refractivity contribution in [1.82, 2.24) is 44.6 Å². The minimum absolute atomic E-state index is 0.0295. The number of carboxylic acid groups (broad SMARTS) is 1. The van der Waals surface area contributed by atoms with Crippen molar-refractivity contribution < 1.29 is 50.2 Å². The molecule has 9 rings (SSSR count). The summed E-state index contributed by atoms with van der Waals surface area (Å²) in [6.45, 7) is 0.720. The number of carbonyl (C=O) groups excluding carboxylic acids is 2. The van der Waals surface area contributed by atoms with Gasteiger partial charge in [-0.25, -0.2) is 4.68 Å². The third-order valence-corrected chi connectivity index (χ3v) is 14.7. The molecule has 16 heteroatoms. The number of carbonyl (C=O) groups is 3. The van der Waals surface area contributed by atoms with Crippen molar-refractivity contribution in [2.75, 3.05) is 13.1 Å². The Bertz CT molecular complexity index is 2200. The van der Waals surface area contributed by atoms with Crippen molar-refractivity contribution in [2.45, 2.75) is 106 Å². The monoisotopic (exact) mass is 853 g/mol. The summed E-state index contributed by atoms with van der Waals surface area (Å²) in [5.41, 5.74) is 3.69. The Balaban J connectivity index is 1.07. The molecule has 4 bridgehead atoms. The van der Waals surface area contributed by atoms with Gasteiger partial charge in [0.2, 0.25) is 5.91 Å². The fourth-order valence-corrected chi connectivity index (χ4v) is 11.7. The van der Waals surface area contributed by atoms with Crippen LogP contribution in [0.5, 0.6) is 0 Å². The smallest absolute Gasteiger partial charge is 0.0665 e. The van der Waals surface area contributed by atoms with Crippen LogP contribution in [0.15, 0.2) is 42.7 Å². The van der Waals surface area contributed by atoms with Crippen LogP contribution in [0.3, 0.4) is 0 Å². The van der Waals surface area contributed by atoms with E-state index in [2.05, 4.69) is 15.6 Å². The minimum atomic E-state index is -1.05. The Labute approximate surface area is 321 Å². The van der Waals surface area contributed by atoms with Crippen LogP contribution in [0.1, 0.15) is 87.9 Å². The second kappa shape index (κ2) is 15.5. The Hall–Kier alpha value is -4.29. The summed E-state index contributed by atoms with van der Waals surface area (Å²) < 4.78 is 19.9. The largest absolute Gasteiger partial charge is 0.134 e. The molecule has 3 aliphatic heterocycles. The number of aliphatic carboxylic acids is 1. The number of aliphatic hydroxyl groups excluding tert-OH is 1. The maximum absolute atomic E-state index is 16.1. The van der Waals surface area contributed by atoms with Crippen LogP contribution >= 0.6 is 0 Å². The number of alkyl halides is 1. The summed E-state index contributed by atoms with van der Waals surface area (Å²) in [7, 11) is 0. The minimum Gasteiger partial charge on any atom is -0.134 e. The summed E-state index contributed by atoms with van der Waals surface area (Å²) in [6.07, 6.45) is 12.8. The van der Waals surface area contributed by atoms with Gasteiger partial charge in [-0.05, 0) is 0 Å². The zero-order chi connectivity index (χ0) is 37.4. The number of aliphatic hydroxyl groups is 1. The quantitative estimate of drug-likeness (QED) is 0.0726. The molecule has 4 aliphatic rings. The van der Waals surface area contributed by atoms with Gasteiger partial charge in [0.15, 0.2) is 0 Å². The Kier molecular flexibility index (Phi) is 10.5. The van der Waals surface area contributed by atoms with E-state index in [1.807, 2.05) is 29.1 Å². The van der Waals surface area contributed by atoms with E-state index < -0.39 is 39.2 Å². The van der Waals surface area contributed by atoms with Gasteiger partial charge in [-0.3, -0.25) is 9.59 Å². The second-order valence-electron chi connectivity index (χ2n) is 14.9. The second-order valence-corrected chi connectivity index (χ2v) is 18.5. The molecule has 2 aromatic carbocycles. The first-order valence-corrected chi connectivity index (χ1v) is 21.3. The molecule has 1 aliphatic carbocycles. The number of rotatable bonds is 12. The molecule has 1 unspecified atom stereocenters. The summed E-state index contributed by atoms with van der Waals surface area (Å²) in [5.74, 6) is -1.80. The number of hydrogen-bond donors (Lipinski definition) is 3. The van der Waals surface area contributed by atoms with Crippen LogP contribution in [0.25, 0.3) is 32.9 Å². The number of aromatic nitrogens is 7. The topological polar surface area (TPSA) is 170 Å². The number of fused-ring (bicyclic) bond motifs is 2. The molecular formula is C38H45FIN9O5. The molecule has 1 atom stereocenters. The zero-order valence-corrected chi connectivity index (χ0v) is 32.2. The van der Waals surface area contributed by atoms with Crippen LogP contribution < -0.4 is 31.1 Å². The number of carboxylic acids is 1. The first-order chi connectivity index (χ1) is 26.2. The number of hydrogen-bond acceptors (Lipinski definition) is 8. The van der Waals surface area contributed by atoms with E-state index in [1.165, 1.54) is 49.0 Å². The van der Waals surface area contributed by atoms with Crippen LogP contribution in [0.2, 0.25) is 0 Å². The molecule has 286 valence electrons. The molecule has 3 N–H and O–H groups in total. The fraction of sp³-hybridized carbons (Fsp3) is 0.500. The number of benzene rings is 2. The molecule has 0 radical (unpaired) electrons. The molecular weight excluding hydrogens is 808 g/mol. The number of piperidine rings is 1. The Morgan fingerprint density at radius 2 is 1.78 bits per heavy atom. The van der Waals surface area contributed by atoms with Gasteiger partial charge in [0, 0.05) is 0 Å². The van der Waals surface area contributed by atoms with Gasteiger partial charge < -0.3 is 10.4 Å². The van der Waals surface area contributed by atoms with E-state index in [9.17, 15) is 19.5 Å². The van der Waals surface area contributed by atoms with Crippen LogP contribution in [0.4, 0.5) is 4.39 Å². The Morgan fingerprint density at radius 3 is 2.56 bits per heavy atom. The first-order valence-electron chi connectivity index (χ1n) is 18.9. The molecule has 14 nitrogen and oxygen atoms in total. The van der Waals surface area contributed by atoms with Crippen molar-refractivity contribution in [3.8, 4) is 11.1 Å². The number of quaternary nitrogens is 1. The van der Waals surface area contributed by atoms with Crippen LogP contribution in [0, 0.1) is 5.82 Å². The number of nitrogens with one attached hydrogen (secondary N) is 1. The van der Waals surface area contributed by atoms with Crippen LogP contribution in [-0.4, -0.2) is 83.8 Å². The number of nitrogens with zero attached hydrogens (tertiary/aromatic N) is 8. The van der Waals surface area contributed by atoms with E-state index in [0.29, 0.717) is 79.7 Å². The predicted molar refractivity (Wildman–Crippen MR) is 194 cm³/mol. The molecule has 1 amide bonds. The molecule has 1 saturated carbocycles. The maximum atomic E-state index is 16.1. The van der Waals surface area contributed by atoms with Crippen molar-refractivity contribution in [3.05, 3.63) is 59.9 Å². The third kappa shape index (κ3) is 7.26. The summed E-state index contributed by atoms with van der Waals surface area (Å²) in [6, 6.07) is 8.93.